The fourth-order valence-corrected chi connectivity index (χ4v) is 2.85. The van der Waals surface area contributed by atoms with Gasteiger partial charge in [0.25, 0.3) is 0 Å². The lowest BCUT2D eigenvalue weighted by Gasteiger charge is -2.19. The topological polar surface area (TPSA) is 54.5 Å². The minimum Gasteiger partial charge on any atom is -0.469 e. The number of anilines is 1. The molecule has 1 aliphatic heterocycles. The molecule has 2 heterocycles. The molecule has 5 nitrogen and oxygen atoms in total. The maximum Gasteiger partial charge on any atom is 0.311 e. The Hall–Kier alpha value is -1.14. The molecular weight excluding hydrogens is 250 g/mol. The van der Waals surface area contributed by atoms with Crippen molar-refractivity contribution in [1.29, 1.82) is 0 Å². The molecule has 0 radical (unpaired) electrons. The van der Waals surface area contributed by atoms with Crippen LogP contribution in [0, 0.1) is 0 Å². The van der Waals surface area contributed by atoms with Crippen LogP contribution >= 0.6 is 11.3 Å². The van der Waals surface area contributed by atoms with E-state index in [1.165, 1.54) is 37.8 Å². The normalized spacial score (nSPS) is 20.0. The first-order valence-electron chi connectivity index (χ1n) is 6.14. The molecule has 1 N–H and O–H groups in total. The number of aromatic nitrogens is 1. The van der Waals surface area contributed by atoms with Gasteiger partial charge in [0.1, 0.15) is 0 Å². The molecule has 0 aliphatic carbocycles. The van der Waals surface area contributed by atoms with Crippen molar-refractivity contribution >= 4 is 22.4 Å². The molecule has 6 heteroatoms. The van der Waals surface area contributed by atoms with Crippen molar-refractivity contribution in [3.8, 4) is 0 Å². The minimum absolute atomic E-state index is 0.248. The van der Waals surface area contributed by atoms with Crippen molar-refractivity contribution in [1.82, 2.24) is 9.88 Å². The van der Waals surface area contributed by atoms with Crippen LogP contribution in [0.2, 0.25) is 0 Å². The van der Waals surface area contributed by atoms with Crippen molar-refractivity contribution in [3.63, 3.8) is 0 Å². The quantitative estimate of drug-likeness (QED) is 0.818. The van der Waals surface area contributed by atoms with Gasteiger partial charge in [0.15, 0.2) is 5.13 Å². The lowest BCUT2D eigenvalue weighted by atomic mass is 10.2. The van der Waals surface area contributed by atoms with E-state index in [9.17, 15) is 4.79 Å². The molecule has 18 heavy (non-hydrogen) atoms. The van der Waals surface area contributed by atoms with Crippen molar-refractivity contribution < 1.29 is 9.53 Å². The Bertz CT molecular complexity index is 408. The van der Waals surface area contributed by atoms with Crippen LogP contribution in [0.15, 0.2) is 5.38 Å². The summed E-state index contributed by atoms with van der Waals surface area (Å²) in [5.74, 6) is -0.248. The fraction of sp³-hybridized carbons (Fsp3) is 0.667. The van der Waals surface area contributed by atoms with E-state index in [1.807, 2.05) is 5.38 Å². The number of hydrogen-bond acceptors (Lipinski definition) is 6. The number of carbonyl (C=O) groups is 1. The van der Waals surface area contributed by atoms with Crippen molar-refractivity contribution in [2.24, 2.45) is 0 Å². The minimum atomic E-state index is -0.248. The number of ether oxygens (including phenoxy) is 1. The average Bonchev–Trinajstić information content (AvgIpc) is 2.96. The third-order valence-corrected chi connectivity index (χ3v) is 4.11. The molecule has 0 amide bonds. The van der Waals surface area contributed by atoms with Gasteiger partial charge in [0.05, 0.1) is 19.2 Å². The molecule has 1 fully saturated rings. The monoisotopic (exact) mass is 269 g/mol. The molecule has 2 rings (SSSR count). The van der Waals surface area contributed by atoms with Crippen LogP contribution in [0.25, 0.3) is 0 Å². The number of hydrogen-bond donors (Lipinski definition) is 1. The molecule has 1 aliphatic rings. The smallest absolute Gasteiger partial charge is 0.311 e. The predicted molar refractivity (Wildman–Crippen MR) is 72.0 cm³/mol. The van der Waals surface area contributed by atoms with Crippen molar-refractivity contribution in [2.45, 2.75) is 25.3 Å². The van der Waals surface area contributed by atoms with Crippen LogP contribution in [0.5, 0.6) is 0 Å². The number of nitrogens with one attached hydrogen (secondary N) is 1. The largest absolute Gasteiger partial charge is 0.469 e. The zero-order valence-electron chi connectivity index (χ0n) is 10.8. The Morgan fingerprint density at radius 3 is 3.22 bits per heavy atom. The molecule has 1 aromatic rings. The third kappa shape index (κ3) is 3.43. The molecule has 1 atom stereocenters. The summed E-state index contributed by atoms with van der Waals surface area (Å²) in [5, 5.41) is 6.13. The number of thiazole rings is 1. The van der Waals surface area contributed by atoms with E-state index in [4.69, 9.17) is 0 Å². The van der Waals surface area contributed by atoms with Gasteiger partial charge in [0.2, 0.25) is 0 Å². The van der Waals surface area contributed by atoms with E-state index < -0.39 is 0 Å². The molecule has 100 valence electrons. The van der Waals surface area contributed by atoms with E-state index >= 15 is 0 Å². The van der Waals surface area contributed by atoms with E-state index in [-0.39, 0.29) is 12.4 Å². The van der Waals surface area contributed by atoms with Gasteiger partial charge in [-0.25, -0.2) is 4.98 Å². The van der Waals surface area contributed by atoms with Gasteiger partial charge in [-0.15, -0.1) is 11.3 Å². The summed E-state index contributed by atoms with van der Waals surface area (Å²) >= 11 is 1.54. The highest BCUT2D eigenvalue weighted by atomic mass is 32.1. The Morgan fingerprint density at radius 2 is 2.56 bits per heavy atom. The second-order valence-corrected chi connectivity index (χ2v) is 5.41. The predicted octanol–water partition coefficient (Wildman–Crippen LogP) is 1.36. The van der Waals surface area contributed by atoms with E-state index in [2.05, 4.69) is 27.0 Å². The number of carbonyl (C=O) groups excluding carboxylic acids is 1. The summed E-state index contributed by atoms with van der Waals surface area (Å²) in [6.07, 6.45) is 2.76. The Labute approximate surface area is 111 Å². The number of rotatable bonds is 5. The second-order valence-electron chi connectivity index (χ2n) is 4.55. The first kappa shape index (κ1) is 13.3. The SMILES string of the molecule is COC(=O)Cc1csc(NCC2CCCN2C)n1. The Kier molecular flexibility index (Phi) is 4.54. The van der Waals surface area contributed by atoms with Gasteiger partial charge >= 0.3 is 5.97 Å². The highest BCUT2D eigenvalue weighted by Gasteiger charge is 2.20. The highest BCUT2D eigenvalue weighted by Crippen LogP contribution is 2.19. The van der Waals surface area contributed by atoms with Crippen LogP contribution in [0.1, 0.15) is 18.5 Å². The summed E-state index contributed by atoms with van der Waals surface area (Å²) in [5.41, 5.74) is 0.772. The zero-order chi connectivity index (χ0) is 13.0. The van der Waals surface area contributed by atoms with Gasteiger partial charge < -0.3 is 15.0 Å². The van der Waals surface area contributed by atoms with Crippen molar-refractivity contribution in [2.75, 3.05) is 32.6 Å². The van der Waals surface area contributed by atoms with Gasteiger partial charge in [-0.1, -0.05) is 0 Å². The number of methoxy groups -OCH3 is 1. The summed E-state index contributed by atoms with van der Waals surface area (Å²) < 4.78 is 4.62. The summed E-state index contributed by atoms with van der Waals surface area (Å²) in [6, 6.07) is 0.595. The molecule has 0 saturated carbocycles. The second kappa shape index (κ2) is 6.15. The lowest BCUT2D eigenvalue weighted by molar-refractivity contribution is -0.139. The van der Waals surface area contributed by atoms with Gasteiger partial charge in [-0.05, 0) is 26.4 Å². The molecular formula is C12H19N3O2S. The third-order valence-electron chi connectivity index (χ3n) is 3.27. The van der Waals surface area contributed by atoms with E-state index in [0.29, 0.717) is 6.04 Å². The number of nitrogens with zero attached hydrogens (tertiary/aromatic N) is 2. The molecule has 0 spiro atoms. The summed E-state index contributed by atoms with van der Waals surface area (Å²) in [7, 11) is 3.55. The molecule has 1 saturated heterocycles. The molecule has 0 aromatic carbocycles. The first-order chi connectivity index (χ1) is 8.69. The number of likely N-dealkylation sites (N-methyl/N-ethyl adjacent to an activating group) is 1. The van der Waals surface area contributed by atoms with E-state index in [1.54, 1.807) is 0 Å². The number of esters is 1. The van der Waals surface area contributed by atoms with E-state index in [0.717, 1.165) is 17.4 Å². The highest BCUT2D eigenvalue weighted by molar-refractivity contribution is 7.13. The van der Waals surface area contributed by atoms with Crippen LogP contribution in [0.4, 0.5) is 5.13 Å². The fourth-order valence-electron chi connectivity index (χ4n) is 2.13. The standard InChI is InChI=1S/C12H19N3O2S/c1-15-5-3-4-10(15)7-13-12-14-9(8-18-12)6-11(16)17-2/h8,10H,3-7H2,1-2H3,(H,13,14). The lowest BCUT2D eigenvalue weighted by Crippen LogP contribution is -2.31. The number of likely N-dealkylation sites (tertiary alicyclic amines) is 1. The molecule has 1 unspecified atom stereocenters. The average molecular weight is 269 g/mol. The maximum atomic E-state index is 11.1. The van der Waals surface area contributed by atoms with Crippen LogP contribution < -0.4 is 5.32 Å². The van der Waals surface area contributed by atoms with Gasteiger partial charge in [-0.3, -0.25) is 4.79 Å². The van der Waals surface area contributed by atoms with Crippen LogP contribution in [-0.4, -0.2) is 49.1 Å². The van der Waals surface area contributed by atoms with Crippen molar-refractivity contribution in [3.05, 3.63) is 11.1 Å². The first-order valence-corrected chi connectivity index (χ1v) is 7.02. The van der Waals surface area contributed by atoms with Crippen LogP contribution in [-0.2, 0) is 16.0 Å². The summed E-state index contributed by atoms with van der Waals surface area (Å²) in [4.78, 5) is 17.9. The Morgan fingerprint density at radius 1 is 1.72 bits per heavy atom. The zero-order valence-corrected chi connectivity index (χ0v) is 11.6. The molecule has 1 aromatic heterocycles. The van der Waals surface area contributed by atoms with Gasteiger partial charge in [0, 0.05) is 18.0 Å². The molecule has 0 bridgehead atoms. The Balaban J connectivity index is 1.81. The maximum absolute atomic E-state index is 11.1. The van der Waals surface area contributed by atoms with Crippen LogP contribution in [0.3, 0.4) is 0 Å². The van der Waals surface area contributed by atoms with Gasteiger partial charge in [-0.2, -0.15) is 0 Å². The summed E-state index contributed by atoms with van der Waals surface area (Å²) in [6.45, 7) is 2.10.